The Morgan fingerprint density at radius 3 is 1.30 bits per heavy atom. The molecule has 0 fully saturated rings. The van der Waals surface area contributed by atoms with Crippen molar-refractivity contribution in [2.75, 3.05) is 0 Å². The van der Waals surface area contributed by atoms with E-state index in [0.717, 1.165) is 23.0 Å². The highest BCUT2D eigenvalue weighted by Gasteiger charge is 2.26. The number of nitriles is 2. The zero-order valence-electron chi connectivity index (χ0n) is 21.6. The molecule has 3 aromatic rings. The van der Waals surface area contributed by atoms with E-state index >= 15 is 0 Å². The molecule has 212 valence electrons. The molecule has 0 unspecified atom stereocenters. The summed E-state index contributed by atoms with van der Waals surface area (Å²) in [5.41, 5.74) is 9.86. The van der Waals surface area contributed by atoms with Crippen LogP contribution in [0.4, 0.5) is 26.3 Å². The number of aldehydes is 1. The first kappa shape index (κ1) is 33.9. The predicted molar refractivity (Wildman–Crippen MR) is 140 cm³/mol. The molecule has 0 bridgehead atoms. The van der Waals surface area contributed by atoms with Crippen molar-refractivity contribution in [3.05, 3.63) is 106 Å². The summed E-state index contributed by atoms with van der Waals surface area (Å²) in [7, 11) is 0. The van der Waals surface area contributed by atoms with Crippen LogP contribution in [-0.4, -0.2) is 18.6 Å². The highest BCUT2D eigenvalue weighted by molar-refractivity contribution is 5.74. The largest absolute Gasteiger partial charge is 0.389 e. The second-order valence-electron chi connectivity index (χ2n) is 8.62. The summed E-state index contributed by atoms with van der Waals surface area (Å²) in [6.07, 6.45) is -7.75. The number of nitrogens with two attached hydrogens (primary N) is 1. The second kappa shape index (κ2) is 17.4. The van der Waals surface area contributed by atoms with Gasteiger partial charge >= 0.3 is 12.4 Å². The number of rotatable bonds is 8. The van der Waals surface area contributed by atoms with E-state index in [1.54, 1.807) is 48.5 Å². The van der Waals surface area contributed by atoms with E-state index in [1.807, 2.05) is 36.4 Å². The molecule has 0 aromatic heterocycles. The van der Waals surface area contributed by atoms with E-state index in [2.05, 4.69) is 0 Å². The van der Waals surface area contributed by atoms with Gasteiger partial charge in [0.25, 0.3) is 0 Å². The quantitative estimate of drug-likeness (QED) is 0.224. The molecule has 3 rings (SSSR count). The molecular weight excluding hydrogens is 532 g/mol. The van der Waals surface area contributed by atoms with Crippen LogP contribution in [0.15, 0.2) is 72.8 Å². The van der Waals surface area contributed by atoms with Crippen LogP contribution < -0.4 is 5.73 Å². The third-order valence-corrected chi connectivity index (χ3v) is 5.37. The van der Waals surface area contributed by atoms with Gasteiger partial charge in [0.05, 0.1) is 23.3 Å². The fourth-order valence-electron chi connectivity index (χ4n) is 3.21. The van der Waals surface area contributed by atoms with Crippen molar-refractivity contribution in [2.45, 2.75) is 57.4 Å². The molecule has 40 heavy (non-hydrogen) atoms. The molecule has 0 saturated heterocycles. The summed E-state index contributed by atoms with van der Waals surface area (Å²) < 4.78 is 71.1. The zero-order valence-corrected chi connectivity index (χ0v) is 21.6. The number of carbonyl (C=O) groups excluding carboxylic acids is 1. The van der Waals surface area contributed by atoms with Crippen LogP contribution in [0.1, 0.15) is 63.9 Å². The first-order valence-corrected chi connectivity index (χ1v) is 12.2. The maximum absolute atomic E-state index is 11.9. The molecule has 0 saturated carbocycles. The summed E-state index contributed by atoms with van der Waals surface area (Å²) in [5, 5.41) is 16.9. The maximum Gasteiger partial charge on any atom is 0.389 e. The van der Waals surface area contributed by atoms with Crippen molar-refractivity contribution >= 4 is 6.29 Å². The van der Waals surface area contributed by atoms with Gasteiger partial charge in [-0.15, -0.1) is 0 Å². The third-order valence-electron chi connectivity index (χ3n) is 5.37. The molecular formula is C30H29F6N3O. The van der Waals surface area contributed by atoms with Crippen molar-refractivity contribution in [1.82, 2.24) is 0 Å². The van der Waals surface area contributed by atoms with Gasteiger partial charge in [0.2, 0.25) is 0 Å². The molecule has 0 amide bonds. The molecule has 0 spiro atoms. The number of hydrogen-bond acceptors (Lipinski definition) is 4. The number of alkyl halides is 6. The minimum atomic E-state index is -4.08. The van der Waals surface area contributed by atoms with E-state index < -0.39 is 25.2 Å². The van der Waals surface area contributed by atoms with Gasteiger partial charge in [-0.25, -0.2) is 0 Å². The normalized spacial score (nSPS) is 10.6. The van der Waals surface area contributed by atoms with Gasteiger partial charge in [-0.05, 0) is 66.6 Å². The number of hydrogen-bond donors (Lipinski definition) is 1. The fraction of sp³-hybridized carbons (Fsp3) is 0.300. The molecule has 2 N–H and O–H groups in total. The maximum atomic E-state index is 11.9. The van der Waals surface area contributed by atoms with E-state index in [0.29, 0.717) is 36.1 Å². The van der Waals surface area contributed by atoms with Crippen molar-refractivity contribution in [3.8, 4) is 12.1 Å². The summed E-state index contributed by atoms with van der Waals surface area (Å²) in [6.45, 7) is 0.461. The SMILES string of the molecule is N#Cc1ccc(C=O)cc1.N#Cc1ccc(CCCC(F)(F)F)cc1.NCc1ccc(CCCC(F)(F)F)cc1. The van der Waals surface area contributed by atoms with E-state index in [9.17, 15) is 31.1 Å². The van der Waals surface area contributed by atoms with Crippen LogP contribution in [0.25, 0.3) is 0 Å². The molecule has 0 atom stereocenters. The molecule has 0 radical (unpaired) electrons. The molecule has 3 aromatic carbocycles. The highest BCUT2D eigenvalue weighted by Crippen LogP contribution is 2.23. The van der Waals surface area contributed by atoms with Crippen molar-refractivity contribution in [2.24, 2.45) is 5.73 Å². The Labute approximate surface area is 229 Å². The first-order valence-electron chi connectivity index (χ1n) is 12.2. The number of nitrogens with zero attached hydrogens (tertiary/aromatic N) is 2. The van der Waals surface area contributed by atoms with Gasteiger partial charge in [0.1, 0.15) is 6.29 Å². The topological polar surface area (TPSA) is 90.7 Å². The Hall–Kier alpha value is -4.15. The molecule has 0 aliphatic carbocycles. The molecule has 0 aliphatic heterocycles. The van der Waals surface area contributed by atoms with Gasteiger partial charge in [0.15, 0.2) is 0 Å². The lowest BCUT2D eigenvalue weighted by Gasteiger charge is -2.06. The van der Waals surface area contributed by atoms with Crippen molar-refractivity contribution < 1.29 is 31.1 Å². The fourth-order valence-corrected chi connectivity index (χ4v) is 3.21. The van der Waals surface area contributed by atoms with Crippen LogP contribution in [0.5, 0.6) is 0 Å². The average Bonchev–Trinajstić information content (AvgIpc) is 2.93. The van der Waals surface area contributed by atoms with E-state index in [-0.39, 0.29) is 12.8 Å². The van der Waals surface area contributed by atoms with Gasteiger partial charge in [-0.3, -0.25) is 4.79 Å². The first-order chi connectivity index (χ1) is 18.9. The smallest absolute Gasteiger partial charge is 0.326 e. The number of benzene rings is 3. The molecule has 4 nitrogen and oxygen atoms in total. The number of carbonyl (C=O) groups is 1. The Kier molecular flexibility index (Phi) is 14.8. The van der Waals surface area contributed by atoms with E-state index in [1.165, 1.54) is 0 Å². The average molecular weight is 562 g/mol. The monoisotopic (exact) mass is 561 g/mol. The van der Waals surface area contributed by atoms with E-state index in [4.69, 9.17) is 16.3 Å². The van der Waals surface area contributed by atoms with Gasteiger partial charge in [-0.2, -0.15) is 36.9 Å². The minimum absolute atomic E-state index is 0.0927. The van der Waals surface area contributed by atoms with Gasteiger partial charge in [-0.1, -0.05) is 48.5 Å². The van der Waals surface area contributed by atoms with Gasteiger partial charge < -0.3 is 5.73 Å². The lowest BCUT2D eigenvalue weighted by molar-refractivity contribution is -0.136. The van der Waals surface area contributed by atoms with Crippen LogP contribution in [0, 0.1) is 22.7 Å². The Bertz CT molecular complexity index is 1220. The molecule has 0 heterocycles. The summed E-state index contributed by atoms with van der Waals surface area (Å²) >= 11 is 0. The standard InChI is InChI=1S/C11H14F3N.C11H10F3N.C8H5NO/c2*12-11(13,14)7-1-2-9-3-5-10(8-15)6-4-9;9-5-7-1-3-8(6-10)4-2-7/h3-6H,1-2,7-8,15H2;3-6H,1-2,7H2;1-4,6H. The van der Waals surface area contributed by atoms with Crippen LogP contribution in [0.3, 0.4) is 0 Å². The number of halogens is 6. The van der Waals surface area contributed by atoms with Crippen molar-refractivity contribution in [3.63, 3.8) is 0 Å². The zero-order chi connectivity index (χ0) is 30.0. The van der Waals surface area contributed by atoms with Crippen LogP contribution in [0.2, 0.25) is 0 Å². The minimum Gasteiger partial charge on any atom is -0.326 e. The lowest BCUT2D eigenvalue weighted by atomic mass is 10.1. The third kappa shape index (κ3) is 16.0. The molecule has 0 aliphatic rings. The highest BCUT2D eigenvalue weighted by atomic mass is 19.4. The summed E-state index contributed by atoms with van der Waals surface area (Å²) in [4.78, 5) is 10.1. The Morgan fingerprint density at radius 1 is 0.625 bits per heavy atom. The van der Waals surface area contributed by atoms with Crippen molar-refractivity contribution in [1.29, 1.82) is 10.5 Å². The molecule has 10 heteroatoms. The summed E-state index contributed by atoms with van der Waals surface area (Å²) in [6, 6.07) is 24.4. The summed E-state index contributed by atoms with van der Waals surface area (Å²) in [5.74, 6) is 0. The van der Waals surface area contributed by atoms with Crippen LogP contribution >= 0.6 is 0 Å². The van der Waals surface area contributed by atoms with Crippen LogP contribution in [-0.2, 0) is 19.4 Å². The Morgan fingerprint density at radius 2 is 0.975 bits per heavy atom. The Balaban J connectivity index is 0.000000307. The second-order valence-corrected chi connectivity index (χ2v) is 8.62. The van der Waals surface area contributed by atoms with Gasteiger partial charge in [0, 0.05) is 24.9 Å². The lowest BCUT2D eigenvalue weighted by Crippen LogP contribution is -2.07. The number of aryl methyl sites for hydroxylation is 2. The predicted octanol–water partition coefficient (Wildman–Crippen LogP) is 7.84.